The van der Waals surface area contributed by atoms with E-state index in [-0.39, 0.29) is 17.3 Å². The molecule has 0 aliphatic carbocycles. The highest BCUT2D eigenvalue weighted by Gasteiger charge is 2.32. The molecule has 0 aliphatic rings. The minimum absolute atomic E-state index is 0.0845. The molecule has 0 heterocycles. The van der Waals surface area contributed by atoms with Gasteiger partial charge in [0.25, 0.3) is 10.0 Å². The Morgan fingerprint density at radius 3 is 2.23 bits per heavy atom. The quantitative estimate of drug-likeness (QED) is 0.256. The SMILES string of the molecule is CCCCNC(=O)[C@H](C)N(Cc1cccc(Br)c1)C(=O)CN(c1ccc(CC)cc1)S(=O)(=O)c1ccccc1. The first-order chi connectivity index (χ1) is 18.7. The Labute approximate surface area is 240 Å². The van der Waals surface area contributed by atoms with Crippen LogP contribution in [0.25, 0.3) is 0 Å². The van der Waals surface area contributed by atoms with Crippen LogP contribution >= 0.6 is 15.9 Å². The van der Waals surface area contributed by atoms with Crippen molar-refractivity contribution in [2.24, 2.45) is 0 Å². The third-order valence-corrected chi connectivity index (χ3v) is 8.76. The summed E-state index contributed by atoms with van der Waals surface area (Å²) in [7, 11) is -4.07. The maximum atomic E-state index is 13.9. The van der Waals surface area contributed by atoms with Gasteiger partial charge in [-0.3, -0.25) is 13.9 Å². The Kier molecular flexibility index (Phi) is 11.1. The second-order valence-corrected chi connectivity index (χ2v) is 12.1. The van der Waals surface area contributed by atoms with Crippen LogP contribution in [0.2, 0.25) is 0 Å². The molecule has 0 saturated heterocycles. The third-order valence-electron chi connectivity index (χ3n) is 6.48. The van der Waals surface area contributed by atoms with Gasteiger partial charge in [-0.1, -0.05) is 78.7 Å². The number of nitrogens with zero attached hydrogens (tertiary/aromatic N) is 2. The zero-order valence-electron chi connectivity index (χ0n) is 22.6. The van der Waals surface area contributed by atoms with Gasteiger partial charge < -0.3 is 10.2 Å². The molecule has 208 valence electrons. The van der Waals surface area contributed by atoms with Crippen molar-refractivity contribution >= 4 is 43.5 Å². The van der Waals surface area contributed by atoms with Gasteiger partial charge in [0.15, 0.2) is 0 Å². The number of aryl methyl sites for hydroxylation is 1. The molecular formula is C30H36BrN3O4S. The lowest BCUT2D eigenvalue weighted by molar-refractivity contribution is -0.139. The summed E-state index contributed by atoms with van der Waals surface area (Å²) >= 11 is 3.46. The molecule has 3 aromatic rings. The lowest BCUT2D eigenvalue weighted by atomic mass is 10.1. The summed E-state index contributed by atoms with van der Waals surface area (Å²) in [6, 6.07) is 21.9. The van der Waals surface area contributed by atoms with Crippen molar-refractivity contribution in [3.05, 3.63) is 94.5 Å². The number of carbonyl (C=O) groups excluding carboxylic acids is 2. The van der Waals surface area contributed by atoms with Crippen molar-refractivity contribution in [3.63, 3.8) is 0 Å². The van der Waals surface area contributed by atoms with Gasteiger partial charge in [-0.2, -0.15) is 0 Å². The first-order valence-electron chi connectivity index (χ1n) is 13.2. The van der Waals surface area contributed by atoms with Crippen molar-refractivity contribution in [3.8, 4) is 0 Å². The molecule has 0 saturated carbocycles. The number of hydrogen-bond donors (Lipinski definition) is 1. The molecule has 2 amide bonds. The van der Waals surface area contributed by atoms with Crippen LogP contribution < -0.4 is 9.62 Å². The Hall–Kier alpha value is -3.17. The van der Waals surface area contributed by atoms with E-state index in [1.165, 1.54) is 17.0 Å². The van der Waals surface area contributed by atoms with Crippen molar-refractivity contribution in [1.82, 2.24) is 10.2 Å². The van der Waals surface area contributed by atoms with Crippen molar-refractivity contribution in [2.75, 3.05) is 17.4 Å². The second kappa shape index (κ2) is 14.3. The fraction of sp³-hybridized carbons (Fsp3) is 0.333. The van der Waals surface area contributed by atoms with Crippen molar-refractivity contribution in [1.29, 1.82) is 0 Å². The number of carbonyl (C=O) groups is 2. The highest BCUT2D eigenvalue weighted by atomic mass is 79.9. The number of amides is 2. The summed E-state index contributed by atoms with van der Waals surface area (Å²) in [5.74, 6) is -0.760. The van der Waals surface area contributed by atoms with Crippen molar-refractivity contribution < 1.29 is 18.0 Å². The Bertz CT molecular complexity index is 1350. The molecule has 0 fully saturated rings. The van der Waals surface area contributed by atoms with Gasteiger partial charge in [-0.25, -0.2) is 8.42 Å². The van der Waals surface area contributed by atoms with Gasteiger partial charge >= 0.3 is 0 Å². The van der Waals surface area contributed by atoms with Crippen LogP contribution in [0.4, 0.5) is 5.69 Å². The molecule has 3 aromatic carbocycles. The van der Waals surface area contributed by atoms with Gasteiger partial charge in [0.05, 0.1) is 10.6 Å². The molecule has 0 unspecified atom stereocenters. The maximum Gasteiger partial charge on any atom is 0.264 e. The van der Waals surface area contributed by atoms with Crippen LogP contribution in [0.1, 0.15) is 44.7 Å². The molecule has 0 aromatic heterocycles. The summed E-state index contributed by atoms with van der Waals surface area (Å²) in [6.45, 7) is 5.93. The second-order valence-electron chi connectivity index (χ2n) is 9.32. The lowest BCUT2D eigenvalue weighted by Crippen LogP contribution is -2.51. The van der Waals surface area contributed by atoms with Gasteiger partial charge in [0.2, 0.25) is 11.8 Å². The molecule has 39 heavy (non-hydrogen) atoms. The van der Waals surface area contributed by atoms with E-state index in [0.29, 0.717) is 12.2 Å². The minimum Gasteiger partial charge on any atom is -0.354 e. The van der Waals surface area contributed by atoms with Gasteiger partial charge in [-0.15, -0.1) is 0 Å². The van der Waals surface area contributed by atoms with E-state index >= 15 is 0 Å². The lowest BCUT2D eigenvalue weighted by Gasteiger charge is -2.32. The van der Waals surface area contributed by atoms with E-state index < -0.39 is 28.5 Å². The van der Waals surface area contributed by atoms with Crippen LogP contribution in [-0.2, 0) is 32.6 Å². The van der Waals surface area contributed by atoms with Crippen LogP contribution in [0.3, 0.4) is 0 Å². The molecular weight excluding hydrogens is 578 g/mol. The number of benzene rings is 3. The average Bonchev–Trinajstić information content (AvgIpc) is 2.94. The Morgan fingerprint density at radius 1 is 0.923 bits per heavy atom. The average molecular weight is 615 g/mol. The number of anilines is 1. The zero-order chi connectivity index (χ0) is 28.4. The molecule has 0 aliphatic heterocycles. The van der Waals surface area contributed by atoms with Crippen LogP contribution in [0.5, 0.6) is 0 Å². The van der Waals surface area contributed by atoms with Crippen LogP contribution in [0.15, 0.2) is 88.2 Å². The summed E-state index contributed by atoms with van der Waals surface area (Å²) in [5.41, 5.74) is 2.25. The zero-order valence-corrected chi connectivity index (χ0v) is 25.0. The van der Waals surface area contributed by atoms with E-state index in [2.05, 4.69) is 21.2 Å². The first kappa shape index (κ1) is 30.4. The fourth-order valence-corrected chi connectivity index (χ4v) is 5.98. The summed E-state index contributed by atoms with van der Waals surface area (Å²) in [5, 5.41) is 2.90. The van der Waals surface area contributed by atoms with Gasteiger partial charge in [0, 0.05) is 17.6 Å². The molecule has 0 spiro atoms. The fourth-order valence-electron chi connectivity index (χ4n) is 4.10. The maximum absolute atomic E-state index is 13.9. The molecule has 9 heteroatoms. The molecule has 3 rings (SSSR count). The standard InChI is InChI=1S/C30H36BrN3O4S/c1-4-6-19-32-30(36)23(3)33(21-25-11-10-12-26(31)20-25)29(35)22-34(27-17-15-24(5-2)16-18-27)39(37,38)28-13-8-7-9-14-28/h7-18,20,23H,4-6,19,21-22H2,1-3H3,(H,32,36)/t23-/m0/s1. The largest absolute Gasteiger partial charge is 0.354 e. The number of unbranched alkanes of at least 4 members (excludes halogenated alkanes) is 1. The number of hydrogen-bond acceptors (Lipinski definition) is 4. The molecule has 1 N–H and O–H groups in total. The minimum atomic E-state index is -4.07. The first-order valence-corrected chi connectivity index (χ1v) is 15.4. The molecule has 0 bridgehead atoms. The van der Waals surface area contributed by atoms with Crippen LogP contribution in [0, 0.1) is 0 Å². The predicted molar refractivity (Wildman–Crippen MR) is 159 cm³/mol. The van der Waals surface area contributed by atoms with Gasteiger partial charge in [-0.05, 0) is 67.3 Å². The number of nitrogens with one attached hydrogen (secondary N) is 1. The highest BCUT2D eigenvalue weighted by molar-refractivity contribution is 9.10. The number of sulfonamides is 1. The predicted octanol–water partition coefficient (Wildman–Crippen LogP) is 5.54. The van der Waals surface area contributed by atoms with Gasteiger partial charge in [0.1, 0.15) is 12.6 Å². The number of rotatable bonds is 13. The van der Waals surface area contributed by atoms with E-state index in [4.69, 9.17) is 0 Å². The Balaban J connectivity index is 1.99. The summed E-state index contributed by atoms with van der Waals surface area (Å²) in [4.78, 5) is 28.5. The van der Waals surface area contributed by atoms with E-state index in [1.807, 2.05) is 50.2 Å². The molecule has 0 radical (unpaired) electrons. The van der Waals surface area contributed by atoms with E-state index in [0.717, 1.165) is 39.2 Å². The normalized spacial score (nSPS) is 12.0. The topological polar surface area (TPSA) is 86.8 Å². The smallest absolute Gasteiger partial charge is 0.264 e. The number of halogens is 1. The van der Waals surface area contributed by atoms with E-state index in [1.54, 1.807) is 37.3 Å². The Morgan fingerprint density at radius 2 is 1.62 bits per heavy atom. The highest BCUT2D eigenvalue weighted by Crippen LogP contribution is 2.25. The molecule has 7 nitrogen and oxygen atoms in total. The van der Waals surface area contributed by atoms with Crippen LogP contribution in [-0.4, -0.2) is 44.3 Å². The summed E-state index contributed by atoms with van der Waals surface area (Å²) < 4.78 is 29.6. The third kappa shape index (κ3) is 8.16. The summed E-state index contributed by atoms with van der Waals surface area (Å²) in [6.07, 6.45) is 2.56. The van der Waals surface area contributed by atoms with Crippen molar-refractivity contribution in [2.45, 2.75) is 57.5 Å². The van der Waals surface area contributed by atoms with E-state index in [9.17, 15) is 18.0 Å². The monoisotopic (exact) mass is 613 g/mol. The molecule has 1 atom stereocenters.